The lowest BCUT2D eigenvalue weighted by Crippen LogP contribution is -2.45. The third-order valence-corrected chi connectivity index (χ3v) is 3.79. The summed E-state index contributed by atoms with van der Waals surface area (Å²) in [5, 5.41) is 3.52. The van der Waals surface area contributed by atoms with Gasteiger partial charge in [-0.2, -0.15) is 0 Å². The van der Waals surface area contributed by atoms with Gasteiger partial charge in [0, 0.05) is 39.3 Å². The van der Waals surface area contributed by atoms with E-state index in [9.17, 15) is 0 Å². The number of rotatable bonds is 7. The molecule has 1 N–H and O–H groups in total. The third kappa shape index (κ3) is 5.82. The number of hydrogen-bond donors (Lipinski definition) is 1. The molecule has 1 heterocycles. The Bertz CT molecular complexity index is 193. The minimum Gasteiger partial charge on any atom is -0.380 e. The maximum Gasteiger partial charge on any atom is 0.0693 e. The molecule has 17 heavy (non-hydrogen) atoms. The van der Waals surface area contributed by atoms with Gasteiger partial charge < -0.3 is 19.9 Å². The second kappa shape index (κ2) is 8.03. The van der Waals surface area contributed by atoms with Crippen molar-refractivity contribution in [3.63, 3.8) is 0 Å². The van der Waals surface area contributed by atoms with Crippen molar-refractivity contribution in [1.29, 1.82) is 0 Å². The molecule has 1 rings (SSSR count). The summed E-state index contributed by atoms with van der Waals surface area (Å²) < 4.78 is 5.29. The highest BCUT2D eigenvalue weighted by atomic mass is 16.5. The molecule has 4 nitrogen and oxygen atoms in total. The molecule has 1 aliphatic heterocycles. The van der Waals surface area contributed by atoms with Crippen molar-refractivity contribution >= 4 is 0 Å². The van der Waals surface area contributed by atoms with Crippen molar-refractivity contribution < 1.29 is 4.74 Å². The second-order valence-electron chi connectivity index (χ2n) is 5.18. The highest BCUT2D eigenvalue weighted by Crippen LogP contribution is 2.00. The Morgan fingerprint density at radius 2 is 1.82 bits per heavy atom. The fourth-order valence-electron chi connectivity index (χ4n) is 2.07. The Morgan fingerprint density at radius 1 is 1.18 bits per heavy atom. The number of ether oxygens (including phenoxy) is 1. The summed E-state index contributed by atoms with van der Waals surface area (Å²) >= 11 is 0. The molecule has 0 saturated carbocycles. The van der Waals surface area contributed by atoms with Gasteiger partial charge in [-0.1, -0.05) is 0 Å². The van der Waals surface area contributed by atoms with Crippen LogP contribution in [0.5, 0.6) is 0 Å². The lowest BCUT2D eigenvalue weighted by Gasteiger charge is -2.32. The van der Waals surface area contributed by atoms with Crippen molar-refractivity contribution in [1.82, 2.24) is 15.1 Å². The molecular formula is C13H29N3O. The van der Waals surface area contributed by atoms with Gasteiger partial charge in [0.05, 0.1) is 6.10 Å². The monoisotopic (exact) mass is 243 g/mol. The summed E-state index contributed by atoms with van der Waals surface area (Å²) in [6, 6.07) is 0.437. The molecule has 2 atom stereocenters. The van der Waals surface area contributed by atoms with Crippen LogP contribution in [0, 0.1) is 0 Å². The van der Waals surface area contributed by atoms with Gasteiger partial charge in [-0.05, 0) is 40.4 Å². The van der Waals surface area contributed by atoms with Gasteiger partial charge in [0.2, 0.25) is 0 Å². The molecule has 1 saturated heterocycles. The fourth-order valence-corrected chi connectivity index (χ4v) is 2.07. The Morgan fingerprint density at radius 3 is 2.41 bits per heavy atom. The van der Waals surface area contributed by atoms with E-state index in [1.165, 1.54) is 39.1 Å². The molecule has 0 amide bonds. The summed E-state index contributed by atoms with van der Waals surface area (Å²) in [5.74, 6) is 0. The number of nitrogens with zero attached hydrogens (tertiary/aromatic N) is 2. The molecular weight excluding hydrogens is 214 g/mol. The Kier molecular flexibility index (Phi) is 7.04. The number of methoxy groups -OCH3 is 1. The standard InChI is InChI=1S/C13H29N3O/c1-12(13(2)17-4)14-6-5-7-16-10-8-15(3)9-11-16/h12-14H,5-11H2,1-4H3. The summed E-state index contributed by atoms with van der Waals surface area (Å²) in [4.78, 5) is 4.96. The smallest absolute Gasteiger partial charge is 0.0693 e. The van der Waals surface area contributed by atoms with Crippen molar-refractivity contribution in [2.45, 2.75) is 32.4 Å². The number of likely N-dealkylation sites (N-methyl/N-ethyl adjacent to an activating group) is 1. The Balaban J connectivity index is 2.00. The van der Waals surface area contributed by atoms with E-state index in [0.717, 1.165) is 6.54 Å². The molecule has 102 valence electrons. The lowest BCUT2D eigenvalue weighted by molar-refractivity contribution is 0.0879. The van der Waals surface area contributed by atoms with Gasteiger partial charge in [-0.3, -0.25) is 0 Å². The fraction of sp³-hybridized carbons (Fsp3) is 1.00. The van der Waals surface area contributed by atoms with Crippen LogP contribution in [-0.4, -0.2) is 75.4 Å². The largest absolute Gasteiger partial charge is 0.380 e. The van der Waals surface area contributed by atoms with E-state index in [-0.39, 0.29) is 0 Å². The van der Waals surface area contributed by atoms with Crippen LogP contribution in [0.4, 0.5) is 0 Å². The summed E-state index contributed by atoms with van der Waals surface area (Å²) in [5.41, 5.74) is 0. The number of piperazine rings is 1. The highest BCUT2D eigenvalue weighted by molar-refractivity contribution is 4.71. The van der Waals surface area contributed by atoms with E-state index >= 15 is 0 Å². The van der Waals surface area contributed by atoms with Crippen molar-refractivity contribution in [3.8, 4) is 0 Å². The van der Waals surface area contributed by atoms with E-state index in [2.05, 4.69) is 36.0 Å². The predicted molar refractivity (Wildman–Crippen MR) is 72.5 cm³/mol. The second-order valence-corrected chi connectivity index (χ2v) is 5.18. The van der Waals surface area contributed by atoms with E-state index in [0.29, 0.717) is 12.1 Å². The van der Waals surface area contributed by atoms with Crippen LogP contribution in [0.1, 0.15) is 20.3 Å². The maximum absolute atomic E-state index is 5.29. The Hall–Kier alpha value is -0.160. The van der Waals surface area contributed by atoms with E-state index in [4.69, 9.17) is 4.74 Å². The van der Waals surface area contributed by atoms with Crippen LogP contribution in [0.15, 0.2) is 0 Å². The van der Waals surface area contributed by atoms with Crippen LogP contribution in [0.3, 0.4) is 0 Å². The molecule has 4 heteroatoms. The first-order valence-electron chi connectivity index (χ1n) is 6.80. The molecule has 0 spiro atoms. The zero-order valence-corrected chi connectivity index (χ0v) is 11.9. The number of nitrogens with one attached hydrogen (secondary N) is 1. The molecule has 0 aromatic heterocycles. The minimum absolute atomic E-state index is 0.290. The molecule has 1 fully saturated rings. The van der Waals surface area contributed by atoms with Gasteiger partial charge >= 0.3 is 0 Å². The van der Waals surface area contributed by atoms with Gasteiger partial charge in [0.1, 0.15) is 0 Å². The van der Waals surface area contributed by atoms with E-state index in [1.54, 1.807) is 7.11 Å². The first kappa shape index (κ1) is 14.9. The SMILES string of the molecule is COC(C)C(C)NCCCN1CCN(C)CC1. The minimum atomic E-state index is 0.290. The lowest BCUT2D eigenvalue weighted by atomic mass is 10.2. The van der Waals surface area contributed by atoms with Gasteiger partial charge in [-0.15, -0.1) is 0 Å². The average molecular weight is 243 g/mol. The molecule has 0 aromatic rings. The van der Waals surface area contributed by atoms with Crippen LogP contribution in [-0.2, 0) is 4.74 Å². The van der Waals surface area contributed by atoms with Crippen LogP contribution in [0.2, 0.25) is 0 Å². The molecule has 1 aliphatic rings. The first-order chi connectivity index (χ1) is 8.13. The van der Waals surface area contributed by atoms with Gasteiger partial charge in [-0.25, -0.2) is 0 Å². The topological polar surface area (TPSA) is 27.7 Å². The maximum atomic E-state index is 5.29. The zero-order valence-electron chi connectivity index (χ0n) is 11.9. The van der Waals surface area contributed by atoms with Gasteiger partial charge in [0.25, 0.3) is 0 Å². The normalized spacial score (nSPS) is 22.6. The molecule has 0 bridgehead atoms. The zero-order chi connectivity index (χ0) is 12.7. The first-order valence-corrected chi connectivity index (χ1v) is 6.80. The number of hydrogen-bond acceptors (Lipinski definition) is 4. The van der Waals surface area contributed by atoms with Crippen molar-refractivity contribution in [3.05, 3.63) is 0 Å². The summed E-state index contributed by atoms with van der Waals surface area (Å²) in [6.45, 7) is 11.5. The van der Waals surface area contributed by atoms with Crippen LogP contribution >= 0.6 is 0 Å². The van der Waals surface area contributed by atoms with E-state index < -0.39 is 0 Å². The quantitative estimate of drug-likeness (QED) is 0.664. The molecule has 2 unspecified atom stereocenters. The van der Waals surface area contributed by atoms with Gasteiger partial charge in [0.15, 0.2) is 0 Å². The van der Waals surface area contributed by atoms with Crippen molar-refractivity contribution in [2.75, 3.05) is 53.4 Å². The predicted octanol–water partition coefficient (Wildman–Crippen LogP) is 0.637. The van der Waals surface area contributed by atoms with Crippen molar-refractivity contribution in [2.24, 2.45) is 0 Å². The Labute approximate surface area is 106 Å². The highest BCUT2D eigenvalue weighted by Gasteiger charge is 2.13. The molecule has 0 aromatic carbocycles. The average Bonchev–Trinajstić information content (AvgIpc) is 2.35. The third-order valence-electron chi connectivity index (χ3n) is 3.79. The van der Waals surface area contributed by atoms with E-state index in [1.807, 2.05) is 0 Å². The summed E-state index contributed by atoms with van der Waals surface area (Å²) in [7, 11) is 3.97. The van der Waals surface area contributed by atoms with Crippen LogP contribution in [0.25, 0.3) is 0 Å². The van der Waals surface area contributed by atoms with Crippen LogP contribution < -0.4 is 5.32 Å². The molecule has 0 radical (unpaired) electrons. The molecule has 0 aliphatic carbocycles. The summed E-state index contributed by atoms with van der Waals surface area (Å²) in [6.07, 6.45) is 1.52.